The quantitative estimate of drug-likeness (QED) is 0.634. The third-order valence-corrected chi connectivity index (χ3v) is 6.27. The van der Waals surface area contributed by atoms with Crippen LogP contribution in [0.3, 0.4) is 0 Å². The van der Waals surface area contributed by atoms with Crippen molar-refractivity contribution in [3.05, 3.63) is 22.5 Å². The van der Waals surface area contributed by atoms with Gasteiger partial charge in [-0.25, -0.2) is 14.6 Å². The van der Waals surface area contributed by atoms with Crippen molar-refractivity contribution in [1.29, 1.82) is 0 Å². The van der Waals surface area contributed by atoms with Gasteiger partial charge in [-0.3, -0.25) is 0 Å². The minimum absolute atomic E-state index is 0.449. The fourth-order valence-corrected chi connectivity index (χ4v) is 4.58. The molecule has 0 amide bonds. The Balaban J connectivity index is 1.62. The first-order valence-electron chi connectivity index (χ1n) is 8.55. The third-order valence-electron chi connectivity index (χ3n) is 4.47. The molecule has 7 nitrogen and oxygen atoms in total. The summed E-state index contributed by atoms with van der Waals surface area (Å²) in [7, 11) is 1.96. The fourth-order valence-electron chi connectivity index (χ4n) is 3.18. The molecule has 25 heavy (non-hydrogen) atoms. The molecule has 0 aliphatic heterocycles. The molecule has 1 saturated carbocycles. The molecule has 0 radical (unpaired) electrons. The second-order valence-corrected chi connectivity index (χ2v) is 8.36. The van der Waals surface area contributed by atoms with Gasteiger partial charge in [-0.2, -0.15) is 0 Å². The minimum Gasteiger partial charge on any atom is -0.312 e. The second-order valence-electron chi connectivity index (χ2n) is 6.35. The Bertz CT molecular complexity index is 844. The van der Waals surface area contributed by atoms with Crippen molar-refractivity contribution in [1.82, 2.24) is 34.5 Å². The molecule has 1 aliphatic carbocycles. The van der Waals surface area contributed by atoms with E-state index in [2.05, 4.69) is 19.9 Å². The Labute approximate surface area is 154 Å². The molecule has 1 aliphatic rings. The number of hydrogen-bond acceptors (Lipinski definition) is 7. The van der Waals surface area contributed by atoms with Crippen LogP contribution in [0.25, 0.3) is 11.5 Å². The molecule has 1 fully saturated rings. The second kappa shape index (κ2) is 7.25. The van der Waals surface area contributed by atoms with Crippen LogP contribution < -0.4 is 0 Å². The van der Waals surface area contributed by atoms with Crippen molar-refractivity contribution in [2.45, 2.75) is 56.0 Å². The zero-order valence-electron chi connectivity index (χ0n) is 14.4. The van der Waals surface area contributed by atoms with Gasteiger partial charge in [0.1, 0.15) is 17.8 Å². The summed E-state index contributed by atoms with van der Waals surface area (Å²) in [6.07, 6.45) is 7.95. The van der Waals surface area contributed by atoms with E-state index in [0.717, 1.165) is 33.3 Å². The zero-order valence-corrected chi connectivity index (χ0v) is 16.1. The Kier molecular flexibility index (Phi) is 4.85. The topological polar surface area (TPSA) is 74.3 Å². The van der Waals surface area contributed by atoms with Gasteiger partial charge in [-0.1, -0.05) is 31.0 Å². The molecule has 4 rings (SSSR count). The number of hydrogen-bond donors (Lipinski definition) is 0. The minimum atomic E-state index is 0.449. The van der Waals surface area contributed by atoms with Crippen LogP contribution in [0, 0.1) is 6.92 Å². The van der Waals surface area contributed by atoms with Gasteiger partial charge >= 0.3 is 0 Å². The number of thioether (sulfide) groups is 1. The highest BCUT2D eigenvalue weighted by Gasteiger charge is 2.22. The van der Waals surface area contributed by atoms with E-state index < -0.39 is 0 Å². The molecular formula is C16H21N7S2. The van der Waals surface area contributed by atoms with E-state index in [1.165, 1.54) is 32.1 Å². The van der Waals surface area contributed by atoms with E-state index in [9.17, 15) is 0 Å². The Morgan fingerprint density at radius 3 is 2.76 bits per heavy atom. The standard InChI is InChI=1S/C16H21N7S2/c1-11-18-13(8-24-11)15-19-14(9-25-16-20-17-10-22(16)2)23(21-15)12-6-4-3-5-7-12/h8,10,12H,3-7,9H2,1-2H3. The number of aromatic nitrogens is 7. The molecule has 132 valence electrons. The summed E-state index contributed by atoms with van der Waals surface area (Å²) in [4.78, 5) is 9.37. The normalized spacial score (nSPS) is 15.8. The molecule has 9 heteroatoms. The van der Waals surface area contributed by atoms with E-state index in [1.54, 1.807) is 29.4 Å². The third kappa shape index (κ3) is 3.62. The highest BCUT2D eigenvalue weighted by atomic mass is 32.2. The van der Waals surface area contributed by atoms with Gasteiger partial charge < -0.3 is 4.57 Å². The summed E-state index contributed by atoms with van der Waals surface area (Å²) in [6, 6.07) is 0.449. The van der Waals surface area contributed by atoms with Crippen LogP contribution in [0.15, 0.2) is 16.9 Å². The molecule has 0 saturated heterocycles. The summed E-state index contributed by atoms with van der Waals surface area (Å²) < 4.78 is 4.07. The number of aryl methyl sites for hydroxylation is 2. The molecule has 0 spiro atoms. The van der Waals surface area contributed by atoms with Gasteiger partial charge in [0.2, 0.25) is 5.82 Å². The van der Waals surface area contributed by atoms with Crippen molar-refractivity contribution < 1.29 is 0 Å². The van der Waals surface area contributed by atoms with Crippen LogP contribution in [-0.2, 0) is 12.8 Å². The molecule has 3 aromatic rings. The lowest BCUT2D eigenvalue weighted by molar-refractivity contribution is 0.323. The average Bonchev–Trinajstić information content (AvgIpc) is 3.34. The molecule has 0 unspecified atom stereocenters. The van der Waals surface area contributed by atoms with Crippen LogP contribution in [0.1, 0.15) is 49.0 Å². The predicted molar refractivity (Wildman–Crippen MR) is 98.6 cm³/mol. The van der Waals surface area contributed by atoms with E-state index in [-0.39, 0.29) is 0 Å². The largest absolute Gasteiger partial charge is 0.312 e. The molecule has 0 N–H and O–H groups in total. The molecule has 3 aromatic heterocycles. The highest BCUT2D eigenvalue weighted by molar-refractivity contribution is 7.98. The van der Waals surface area contributed by atoms with Gasteiger partial charge in [0.15, 0.2) is 5.16 Å². The van der Waals surface area contributed by atoms with Crippen LogP contribution in [0.2, 0.25) is 0 Å². The van der Waals surface area contributed by atoms with Crippen LogP contribution in [0.4, 0.5) is 0 Å². The molecule has 0 bridgehead atoms. The van der Waals surface area contributed by atoms with Crippen molar-refractivity contribution in [2.75, 3.05) is 0 Å². The van der Waals surface area contributed by atoms with Crippen molar-refractivity contribution in [3.63, 3.8) is 0 Å². The van der Waals surface area contributed by atoms with Crippen molar-refractivity contribution in [3.8, 4) is 11.5 Å². The number of nitrogens with zero attached hydrogens (tertiary/aromatic N) is 7. The molecule has 0 aromatic carbocycles. The first kappa shape index (κ1) is 16.7. The highest BCUT2D eigenvalue weighted by Crippen LogP contribution is 2.31. The maximum atomic E-state index is 4.83. The first-order valence-corrected chi connectivity index (χ1v) is 10.4. The lowest BCUT2D eigenvalue weighted by Crippen LogP contribution is -2.16. The summed E-state index contributed by atoms with van der Waals surface area (Å²) >= 11 is 3.28. The Morgan fingerprint density at radius 2 is 2.08 bits per heavy atom. The monoisotopic (exact) mass is 375 g/mol. The first-order chi connectivity index (χ1) is 12.2. The van der Waals surface area contributed by atoms with E-state index >= 15 is 0 Å². The molecule has 0 atom stereocenters. The smallest absolute Gasteiger partial charge is 0.200 e. The Hall–Kier alpha value is -1.74. The van der Waals surface area contributed by atoms with Gasteiger partial charge in [-0.05, 0) is 19.8 Å². The maximum absolute atomic E-state index is 4.83. The van der Waals surface area contributed by atoms with Crippen molar-refractivity contribution >= 4 is 23.1 Å². The van der Waals surface area contributed by atoms with E-state index in [4.69, 9.17) is 10.1 Å². The summed E-state index contributed by atoms with van der Waals surface area (Å²) in [5.41, 5.74) is 0.877. The summed E-state index contributed by atoms with van der Waals surface area (Å²) in [6.45, 7) is 2.01. The fraction of sp³-hybridized carbons (Fsp3) is 0.562. The van der Waals surface area contributed by atoms with Crippen molar-refractivity contribution in [2.24, 2.45) is 7.05 Å². The van der Waals surface area contributed by atoms with E-state index in [0.29, 0.717) is 6.04 Å². The van der Waals surface area contributed by atoms with E-state index in [1.807, 2.05) is 23.9 Å². The molecular weight excluding hydrogens is 354 g/mol. The Morgan fingerprint density at radius 1 is 1.24 bits per heavy atom. The van der Waals surface area contributed by atoms with Gasteiger partial charge in [0.25, 0.3) is 0 Å². The SMILES string of the molecule is Cc1nc(-c2nc(CSc3nncn3C)n(C3CCCCC3)n2)cs1. The average molecular weight is 376 g/mol. The maximum Gasteiger partial charge on any atom is 0.200 e. The van der Waals surface area contributed by atoms with Gasteiger partial charge in [-0.15, -0.1) is 26.6 Å². The lowest BCUT2D eigenvalue weighted by atomic mass is 9.96. The van der Waals surface area contributed by atoms with Gasteiger partial charge in [0, 0.05) is 12.4 Å². The van der Waals surface area contributed by atoms with Crippen LogP contribution >= 0.6 is 23.1 Å². The number of rotatable bonds is 5. The van der Waals surface area contributed by atoms with Gasteiger partial charge in [0.05, 0.1) is 16.8 Å². The summed E-state index contributed by atoms with van der Waals surface area (Å²) in [5.74, 6) is 2.48. The molecule has 3 heterocycles. The predicted octanol–water partition coefficient (Wildman–Crippen LogP) is 3.64. The summed E-state index contributed by atoms with van der Waals surface area (Å²) in [5, 5.41) is 16.9. The lowest BCUT2D eigenvalue weighted by Gasteiger charge is -2.23. The number of thiazole rings is 1. The van der Waals surface area contributed by atoms with Crippen LogP contribution in [-0.4, -0.2) is 34.5 Å². The van der Waals surface area contributed by atoms with Crippen LogP contribution in [0.5, 0.6) is 0 Å². The zero-order chi connectivity index (χ0) is 17.2.